The number of nitrogens with zero attached hydrogens (tertiary/aromatic N) is 3. The van der Waals surface area contributed by atoms with Crippen LogP contribution in [0.1, 0.15) is 11.1 Å². The SMILES string of the molecule is N#Cc1ccc(N2CC(COc3ccc(N(C(=O)O)c4ccccc4)cc3)OC2C(F)(F)F)cc1C(F)(F)F. The molecule has 3 aromatic carbocycles. The van der Waals surface area contributed by atoms with E-state index >= 15 is 0 Å². The molecule has 1 heterocycles. The fourth-order valence-corrected chi connectivity index (χ4v) is 4.07. The first-order chi connectivity index (χ1) is 18.4. The minimum atomic E-state index is -4.94. The summed E-state index contributed by atoms with van der Waals surface area (Å²) in [5, 5.41) is 18.6. The van der Waals surface area contributed by atoms with Gasteiger partial charge in [-0.1, -0.05) is 18.2 Å². The summed E-state index contributed by atoms with van der Waals surface area (Å²) >= 11 is 0. The highest BCUT2D eigenvalue weighted by molar-refractivity contribution is 5.94. The van der Waals surface area contributed by atoms with Crippen molar-refractivity contribution in [3.05, 3.63) is 83.9 Å². The Kier molecular flexibility index (Phi) is 7.60. The largest absolute Gasteiger partial charge is 0.491 e. The average Bonchev–Trinajstić information content (AvgIpc) is 3.33. The molecule has 13 heteroatoms. The van der Waals surface area contributed by atoms with Crippen LogP contribution in [0.15, 0.2) is 72.8 Å². The maximum absolute atomic E-state index is 13.7. The van der Waals surface area contributed by atoms with Crippen molar-refractivity contribution in [3.8, 4) is 11.8 Å². The van der Waals surface area contributed by atoms with E-state index in [9.17, 15) is 36.2 Å². The number of amides is 1. The van der Waals surface area contributed by atoms with Crippen molar-refractivity contribution in [2.75, 3.05) is 23.0 Å². The third-order valence-electron chi connectivity index (χ3n) is 5.78. The molecule has 4 rings (SSSR count). The number of carboxylic acid groups (broad SMARTS) is 1. The van der Waals surface area contributed by atoms with E-state index < -0.39 is 54.1 Å². The van der Waals surface area contributed by atoms with Gasteiger partial charge in [0.15, 0.2) is 0 Å². The van der Waals surface area contributed by atoms with Crippen molar-refractivity contribution in [2.45, 2.75) is 24.7 Å². The Balaban J connectivity index is 1.49. The summed E-state index contributed by atoms with van der Waals surface area (Å²) in [7, 11) is 0. The minimum Gasteiger partial charge on any atom is -0.491 e. The maximum Gasteiger partial charge on any atom is 0.433 e. The highest BCUT2D eigenvalue weighted by Crippen LogP contribution is 2.39. The van der Waals surface area contributed by atoms with Gasteiger partial charge in [-0.05, 0) is 54.6 Å². The summed E-state index contributed by atoms with van der Waals surface area (Å²) < 4.78 is 91.8. The highest BCUT2D eigenvalue weighted by atomic mass is 19.4. The molecule has 0 aliphatic carbocycles. The van der Waals surface area contributed by atoms with Gasteiger partial charge in [-0.3, -0.25) is 0 Å². The van der Waals surface area contributed by atoms with Crippen molar-refractivity contribution in [1.82, 2.24) is 0 Å². The Hall–Kier alpha value is -4.44. The zero-order chi connectivity index (χ0) is 28.4. The predicted octanol–water partition coefficient (Wildman–Crippen LogP) is 6.57. The van der Waals surface area contributed by atoms with Crippen LogP contribution in [0.3, 0.4) is 0 Å². The van der Waals surface area contributed by atoms with Crippen molar-refractivity contribution in [3.63, 3.8) is 0 Å². The van der Waals surface area contributed by atoms with Gasteiger partial charge in [0.05, 0.1) is 35.1 Å². The Bertz CT molecular complexity index is 1360. The van der Waals surface area contributed by atoms with Crippen LogP contribution in [0.5, 0.6) is 5.75 Å². The van der Waals surface area contributed by atoms with E-state index in [0.717, 1.165) is 17.0 Å². The number of benzene rings is 3. The molecule has 1 aliphatic heterocycles. The minimum absolute atomic E-state index is 0.209. The molecule has 0 saturated carbocycles. The van der Waals surface area contributed by atoms with Crippen LogP contribution in [0.4, 0.5) is 48.2 Å². The number of halogens is 6. The van der Waals surface area contributed by atoms with Crippen LogP contribution in [-0.4, -0.2) is 42.9 Å². The summed E-state index contributed by atoms with van der Waals surface area (Å²) in [6.45, 7) is -0.807. The van der Waals surface area contributed by atoms with Gasteiger partial charge in [0.2, 0.25) is 6.23 Å². The molecule has 0 spiro atoms. The van der Waals surface area contributed by atoms with E-state index in [1.54, 1.807) is 30.3 Å². The van der Waals surface area contributed by atoms with Crippen LogP contribution < -0.4 is 14.5 Å². The lowest BCUT2D eigenvalue weighted by Gasteiger charge is -2.27. The standard InChI is InChI=1S/C26H19F6N3O4/c27-25(28,29)22-12-19(7-6-16(22)13-33)34-14-21(39-23(34)26(30,31)32)15-38-20-10-8-18(9-11-20)35(24(36)37)17-4-2-1-3-5-17/h1-12,21,23H,14-15H2,(H,36,37). The molecule has 1 saturated heterocycles. The fourth-order valence-electron chi connectivity index (χ4n) is 4.07. The van der Waals surface area contributed by atoms with Gasteiger partial charge < -0.3 is 19.5 Å². The quantitative estimate of drug-likeness (QED) is 0.349. The molecule has 1 N–H and O–H groups in total. The fraction of sp³-hybridized carbons (Fsp3) is 0.231. The molecule has 204 valence electrons. The topological polar surface area (TPSA) is 86.0 Å². The first-order valence-electron chi connectivity index (χ1n) is 11.3. The summed E-state index contributed by atoms with van der Waals surface area (Å²) in [4.78, 5) is 13.4. The van der Waals surface area contributed by atoms with Gasteiger partial charge in [0.25, 0.3) is 0 Å². The Morgan fingerprint density at radius 3 is 2.23 bits per heavy atom. The number of ether oxygens (including phenoxy) is 2. The molecule has 1 fully saturated rings. The van der Waals surface area contributed by atoms with E-state index in [1.807, 2.05) is 0 Å². The summed E-state index contributed by atoms with van der Waals surface area (Å²) in [6, 6.07) is 17.7. The highest BCUT2D eigenvalue weighted by Gasteiger charge is 2.51. The molecule has 7 nitrogen and oxygen atoms in total. The van der Waals surface area contributed by atoms with Crippen molar-refractivity contribution in [1.29, 1.82) is 5.26 Å². The molecular formula is C26H19F6N3O4. The van der Waals surface area contributed by atoms with Crippen LogP contribution in [0.25, 0.3) is 0 Å². The molecular weight excluding hydrogens is 532 g/mol. The van der Waals surface area contributed by atoms with Gasteiger partial charge in [0.1, 0.15) is 18.5 Å². The van der Waals surface area contributed by atoms with E-state index in [-0.39, 0.29) is 12.4 Å². The van der Waals surface area contributed by atoms with Gasteiger partial charge in [-0.25, -0.2) is 9.69 Å². The lowest BCUT2D eigenvalue weighted by atomic mass is 10.1. The second-order valence-corrected chi connectivity index (χ2v) is 8.40. The maximum atomic E-state index is 13.7. The second-order valence-electron chi connectivity index (χ2n) is 8.40. The second kappa shape index (κ2) is 10.7. The number of rotatable bonds is 6. The van der Waals surface area contributed by atoms with Crippen LogP contribution in [-0.2, 0) is 10.9 Å². The third-order valence-corrected chi connectivity index (χ3v) is 5.78. The Morgan fingerprint density at radius 2 is 1.67 bits per heavy atom. The zero-order valence-electron chi connectivity index (χ0n) is 19.8. The van der Waals surface area contributed by atoms with Crippen molar-refractivity contribution in [2.24, 2.45) is 0 Å². The van der Waals surface area contributed by atoms with E-state index in [1.165, 1.54) is 30.3 Å². The van der Waals surface area contributed by atoms with Gasteiger partial charge in [-0.2, -0.15) is 31.6 Å². The molecule has 1 aliphatic rings. The molecule has 0 radical (unpaired) electrons. The van der Waals surface area contributed by atoms with Gasteiger partial charge in [-0.15, -0.1) is 0 Å². The van der Waals surface area contributed by atoms with Crippen molar-refractivity contribution >= 4 is 23.2 Å². The zero-order valence-corrected chi connectivity index (χ0v) is 19.8. The average molecular weight is 551 g/mol. The Morgan fingerprint density at radius 1 is 1.03 bits per heavy atom. The molecule has 2 atom stereocenters. The smallest absolute Gasteiger partial charge is 0.433 e. The lowest BCUT2D eigenvalue weighted by Crippen LogP contribution is -2.42. The first kappa shape index (κ1) is 27.6. The van der Waals surface area contributed by atoms with Gasteiger partial charge >= 0.3 is 18.4 Å². The van der Waals surface area contributed by atoms with Gasteiger partial charge in [0, 0.05) is 5.69 Å². The molecule has 39 heavy (non-hydrogen) atoms. The molecule has 3 aromatic rings. The summed E-state index contributed by atoms with van der Waals surface area (Å²) in [6.07, 6.45) is -14.8. The number of para-hydroxylation sites is 1. The predicted molar refractivity (Wildman–Crippen MR) is 127 cm³/mol. The van der Waals surface area contributed by atoms with Crippen LogP contribution >= 0.6 is 0 Å². The van der Waals surface area contributed by atoms with Crippen LogP contribution in [0.2, 0.25) is 0 Å². The third kappa shape index (κ3) is 6.18. The van der Waals surface area contributed by atoms with E-state index in [2.05, 4.69) is 0 Å². The summed E-state index contributed by atoms with van der Waals surface area (Å²) in [5.41, 5.74) is -1.79. The molecule has 1 amide bonds. The number of alkyl halides is 6. The number of anilines is 3. The number of nitriles is 1. The number of hydrogen-bond donors (Lipinski definition) is 1. The molecule has 0 aromatic heterocycles. The Labute approximate surface area is 218 Å². The monoisotopic (exact) mass is 551 g/mol. The first-order valence-corrected chi connectivity index (χ1v) is 11.3. The van der Waals surface area contributed by atoms with Crippen LogP contribution in [0, 0.1) is 11.3 Å². The van der Waals surface area contributed by atoms with Crippen molar-refractivity contribution < 1.29 is 45.7 Å². The summed E-state index contributed by atoms with van der Waals surface area (Å²) in [5.74, 6) is 0.209. The van der Waals surface area contributed by atoms with E-state index in [4.69, 9.17) is 14.7 Å². The van der Waals surface area contributed by atoms with E-state index in [0.29, 0.717) is 22.3 Å². The molecule has 0 bridgehead atoms. The number of carbonyl (C=O) groups is 1. The lowest BCUT2D eigenvalue weighted by molar-refractivity contribution is -0.215. The molecule has 2 unspecified atom stereocenters. The number of hydrogen-bond acceptors (Lipinski definition) is 5. The normalized spacial score (nSPS) is 17.5.